The maximum Gasteiger partial charge on any atom is 0.326 e. The Morgan fingerprint density at radius 2 is 1.86 bits per heavy atom. The van der Waals surface area contributed by atoms with Gasteiger partial charge in [-0.2, -0.15) is 0 Å². The van der Waals surface area contributed by atoms with Crippen LogP contribution in [0.25, 0.3) is 0 Å². The standard InChI is InChI=1S/C16H21NO4S/c1-11(2)22(21)13-8-6-12(7-9-13)15(18)17-10-4-3-5-14(17)16(19)20/h6-9,11,14H,3-5,10H2,1-2H3,(H,19,20)/t14-,22?/m1/s1. The van der Waals surface area contributed by atoms with Crippen molar-refractivity contribution in [2.45, 2.75) is 49.3 Å². The minimum atomic E-state index is -1.09. The van der Waals surface area contributed by atoms with Crippen LogP contribution in [-0.2, 0) is 15.6 Å². The van der Waals surface area contributed by atoms with E-state index in [-0.39, 0.29) is 11.2 Å². The molecule has 0 radical (unpaired) electrons. The predicted molar refractivity (Wildman–Crippen MR) is 84.3 cm³/mol. The molecule has 1 unspecified atom stereocenters. The molecule has 1 N–H and O–H groups in total. The summed E-state index contributed by atoms with van der Waals surface area (Å²) in [5.74, 6) is -1.22. The van der Waals surface area contributed by atoms with E-state index in [1.165, 1.54) is 4.90 Å². The second-order valence-electron chi connectivity index (χ2n) is 5.72. The van der Waals surface area contributed by atoms with Gasteiger partial charge in [-0.25, -0.2) is 4.79 Å². The molecule has 0 spiro atoms. The summed E-state index contributed by atoms with van der Waals surface area (Å²) in [6, 6.07) is 5.88. The lowest BCUT2D eigenvalue weighted by atomic mass is 10.0. The Morgan fingerprint density at radius 3 is 2.41 bits per heavy atom. The van der Waals surface area contributed by atoms with Gasteiger partial charge in [-0.05, 0) is 43.5 Å². The highest BCUT2D eigenvalue weighted by Crippen LogP contribution is 2.21. The minimum Gasteiger partial charge on any atom is -0.480 e. The van der Waals surface area contributed by atoms with E-state index in [4.69, 9.17) is 0 Å². The third-order valence-electron chi connectivity index (χ3n) is 3.81. The lowest BCUT2D eigenvalue weighted by Gasteiger charge is -2.33. The Morgan fingerprint density at radius 1 is 1.23 bits per heavy atom. The highest BCUT2D eigenvalue weighted by molar-refractivity contribution is 7.85. The highest BCUT2D eigenvalue weighted by atomic mass is 32.2. The van der Waals surface area contributed by atoms with Crippen molar-refractivity contribution in [3.63, 3.8) is 0 Å². The van der Waals surface area contributed by atoms with E-state index in [2.05, 4.69) is 0 Å². The van der Waals surface area contributed by atoms with Crippen molar-refractivity contribution in [3.8, 4) is 0 Å². The number of carboxylic acid groups (broad SMARTS) is 1. The molecular formula is C16H21NO4S. The summed E-state index contributed by atoms with van der Waals surface area (Å²) >= 11 is 0. The summed E-state index contributed by atoms with van der Waals surface area (Å²) in [6.07, 6.45) is 2.15. The Kier molecular flexibility index (Phi) is 5.34. The maximum atomic E-state index is 12.5. The molecule has 22 heavy (non-hydrogen) atoms. The van der Waals surface area contributed by atoms with Crippen LogP contribution in [0.3, 0.4) is 0 Å². The molecule has 1 aromatic carbocycles. The quantitative estimate of drug-likeness (QED) is 0.922. The molecule has 1 fully saturated rings. The topological polar surface area (TPSA) is 74.7 Å². The van der Waals surface area contributed by atoms with Gasteiger partial charge in [0.25, 0.3) is 5.91 Å². The third-order valence-corrected chi connectivity index (χ3v) is 5.40. The molecule has 5 nitrogen and oxygen atoms in total. The summed E-state index contributed by atoms with van der Waals surface area (Å²) < 4.78 is 12.0. The fourth-order valence-corrected chi connectivity index (χ4v) is 3.55. The van der Waals surface area contributed by atoms with Crippen molar-refractivity contribution >= 4 is 22.7 Å². The molecule has 2 rings (SSSR count). The highest BCUT2D eigenvalue weighted by Gasteiger charge is 2.32. The molecule has 1 aliphatic heterocycles. The average Bonchev–Trinajstić information content (AvgIpc) is 2.53. The molecule has 0 aromatic heterocycles. The van der Waals surface area contributed by atoms with Gasteiger partial charge in [0, 0.05) is 22.3 Å². The monoisotopic (exact) mass is 323 g/mol. The number of hydrogen-bond donors (Lipinski definition) is 1. The number of piperidine rings is 1. The van der Waals surface area contributed by atoms with Gasteiger partial charge in [0.05, 0.1) is 10.8 Å². The van der Waals surface area contributed by atoms with E-state index in [0.717, 1.165) is 12.8 Å². The molecular weight excluding hydrogens is 302 g/mol. The summed E-state index contributed by atoms with van der Waals surface area (Å²) in [6.45, 7) is 4.22. The van der Waals surface area contributed by atoms with Crippen molar-refractivity contribution in [2.75, 3.05) is 6.54 Å². The van der Waals surface area contributed by atoms with E-state index < -0.39 is 22.8 Å². The Hall–Kier alpha value is -1.69. The number of carboxylic acids is 1. The smallest absolute Gasteiger partial charge is 0.326 e. The molecule has 1 amide bonds. The zero-order valence-corrected chi connectivity index (χ0v) is 13.6. The van der Waals surface area contributed by atoms with Gasteiger partial charge in [0.15, 0.2) is 0 Å². The normalized spacial score (nSPS) is 20.0. The van der Waals surface area contributed by atoms with Gasteiger partial charge in [-0.3, -0.25) is 9.00 Å². The predicted octanol–water partition coefficient (Wildman–Crippen LogP) is 2.28. The fourth-order valence-electron chi connectivity index (χ4n) is 2.60. The van der Waals surface area contributed by atoms with Crippen molar-refractivity contribution < 1.29 is 18.9 Å². The molecule has 1 saturated heterocycles. The van der Waals surface area contributed by atoms with E-state index in [1.807, 2.05) is 13.8 Å². The largest absolute Gasteiger partial charge is 0.480 e. The van der Waals surface area contributed by atoms with Gasteiger partial charge < -0.3 is 10.0 Å². The Labute approximate surface area is 132 Å². The number of hydrogen-bond acceptors (Lipinski definition) is 3. The number of carbonyl (C=O) groups is 2. The van der Waals surface area contributed by atoms with Crippen LogP contribution in [0.2, 0.25) is 0 Å². The molecule has 0 bridgehead atoms. The van der Waals surface area contributed by atoms with Crippen LogP contribution in [0, 0.1) is 0 Å². The van der Waals surface area contributed by atoms with Gasteiger partial charge in [0.1, 0.15) is 6.04 Å². The molecule has 1 heterocycles. The van der Waals surface area contributed by atoms with Crippen LogP contribution >= 0.6 is 0 Å². The van der Waals surface area contributed by atoms with Crippen molar-refractivity contribution in [1.82, 2.24) is 4.90 Å². The van der Waals surface area contributed by atoms with Crippen LogP contribution < -0.4 is 0 Å². The van der Waals surface area contributed by atoms with Crippen molar-refractivity contribution in [2.24, 2.45) is 0 Å². The number of nitrogens with zero attached hydrogens (tertiary/aromatic N) is 1. The Bertz CT molecular complexity index is 582. The lowest BCUT2D eigenvalue weighted by Crippen LogP contribution is -2.47. The SMILES string of the molecule is CC(C)S(=O)c1ccc(C(=O)N2CCCC[C@@H]2C(=O)O)cc1. The number of aliphatic carboxylic acids is 1. The first kappa shape index (κ1) is 16.7. The molecule has 6 heteroatoms. The van der Waals surface area contributed by atoms with Gasteiger partial charge >= 0.3 is 5.97 Å². The summed E-state index contributed by atoms with van der Waals surface area (Å²) in [7, 11) is -1.09. The molecule has 0 saturated carbocycles. The summed E-state index contributed by atoms with van der Waals surface area (Å²) in [5, 5.41) is 9.26. The van der Waals surface area contributed by atoms with Gasteiger partial charge in [-0.1, -0.05) is 13.8 Å². The minimum absolute atomic E-state index is 0.0139. The molecule has 1 aliphatic rings. The second-order valence-corrected chi connectivity index (χ2v) is 7.73. The van der Waals surface area contributed by atoms with Gasteiger partial charge in [-0.15, -0.1) is 0 Å². The second kappa shape index (κ2) is 7.05. The molecule has 2 atom stereocenters. The third kappa shape index (κ3) is 3.55. The van der Waals surface area contributed by atoms with Crippen LogP contribution in [0.1, 0.15) is 43.5 Å². The first-order valence-electron chi connectivity index (χ1n) is 7.46. The number of carbonyl (C=O) groups excluding carboxylic acids is 1. The van der Waals surface area contributed by atoms with E-state index >= 15 is 0 Å². The average molecular weight is 323 g/mol. The zero-order chi connectivity index (χ0) is 16.3. The number of benzene rings is 1. The van der Waals surface area contributed by atoms with E-state index in [9.17, 15) is 18.9 Å². The van der Waals surface area contributed by atoms with Crippen molar-refractivity contribution in [3.05, 3.63) is 29.8 Å². The van der Waals surface area contributed by atoms with E-state index in [1.54, 1.807) is 24.3 Å². The maximum absolute atomic E-state index is 12.5. The molecule has 0 aliphatic carbocycles. The summed E-state index contributed by atoms with van der Waals surface area (Å²) in [4.78, 5) is 25.9. The first-order chi connectivity index (χ1) is 10.4. The first-order valence-corrected chi connectivity index (χ1v) is 8.67. The number of amides is 1. The van der Waals surface area contributed by atoms with Crippen LogP contribution in [-0.4, -0.2) is 43.9 Å². The number of likely N-dealkylation sites (tertiary alicyclic amines) is 1. The van der Waals surface area contributed by atoms with E-state index in [0.29, 0.717) is 23.4 Å². The summed E-state index contributed by atoms with van der Waals surface area (Å²) in [5.41, 5.74) is 0.442. The Balaban J connectivity index is 2.18. The van der Waals surface area contributed by atoms with Gasteiger partial charge in [0.2, 0.25) is 0 Å². The molecule has 120 valence electrons. The number of rotatable bonds is 4. The molecule has 1 aromatic rings. The zero-order valence-electron chi connectivity index (χ0n) is 12.8. The van der Waals surface area contributed by atoms with Crippen molar-refractivity contribution in [1.29, 1.82) is 0 Å². The van der Waals surface area contributed by atoms with Crippen LogP contribution in [0.5, 0.6) is 0 Å². The lowest BCUT2D eigenvalue weighted by molar-refractivity contribution is -0.143. The fraction of sp³-hybridized carbons (Fsp3) is 0.500. The van der Waals surface area contributed by atoms with Crippen LogP contribution in [0.4, 0.5) is 0 Å². The van der Waals surface area contributed by atoms with Crippen LogP contribution in [0.15, 0.2) is 29.2 Å².